The lowest BCUT2D eigenvalue weighted by molar-refractivity contribution is -0.0868. The second-order valence-corrected chi connectivity index (χ2v) is 1.87. The molecule has 1 fully saturated rings. The highest BCUT2D eigenvalue weighted by atomic mass is 16.7. The van der Waals surface area contributed by atoms with Crippen LogP contribution in [0.1, 0.15) is 0 Å². The van der Waals surface area contributed by atoms with Gasteiger partial charge in [0.25, 0.3) is 0 Å². The summed E-state index contributed by atoms with van der Waals surface area (Å²) >= 11 is 0. The molecule has 0 saturated carbocycles. The van der Waals surface area contributed by atoms with Gasteiger partial charge in [-0.25, -0.2) is 0 Å². The van der Waals surface area contributed by atoms with Crippen molar-refractivity contribution in [2.45, 2.75) is 6.04 Å². The van der Waals surface area contributed by atoms with Gasteiger partial charge in [-0.15, -0.1) is 0 Å². The molecule has 1 aliphatic rings. The van der Waals surface area contributed by atoms with Gasteiger partial charge in [-0.1, -0.05) is 0 Å². The predicted octanol–water partition coefficient (Wildman–Crippen LogP) is -0.809. The van der Waals surface area contributed by atoms with Crippen molar-refractivity contribution in [3.63, 3.8) is 0 Å². The molecule has 7 heavy (non-hydrogen) atoms. The summed E-state index contributed by atoms with van der Waals surface area (Å²) in [5.41, 5.74) is 5.46. The van der Waals surface area contributed by atoms with Crippen LogP contribution in [0.5, 0.6) is 0 Å². The fourth-order valence-electron chi connectivity index (χ4n) is 0.659. The number of hydrogen-bond acceptors (Lipinski definition) is 3. The molecule has 0 radical (unpaired) electrons. The quantitative estimate of drug-likeness (QED) is 0.435. The minimum absolute atomic E-state index is 0.227. The highest BCUT2D eigenvalue weighted by molar-refractivity contribution is 4.65. The smallest absolute Gasteiger partial charge is 0.0849 e. The van der Waals surface area contributed by atoms with Gasteiger partial charge in [0.05, 0.1) is 6.61 Å². The van der Waals surface area contributed by atoms with E-state index in [9.17, 15) is 0 Å². The highest BCUT2D eigenvalue weighted by Crippen LogP contribution is 1.97. The summed E-state index contributed by atoms with van der Waals surface area (Å²) in [6.45, 7) is 1.54. The molecule has 0 spiro atoms. The monoisotopic (exact) mass is 102 g/mol. The van der Waals surface area contributed by atoms with Gasteiger partial charge in [-0.05, 0) is 0 Å². The molecule has 0 aliphatic carbocycles. The van der Waals surface area contributed by atoms with E-state index in [4.69, 9.17) is 10.6 Å². The van der Waals surface area contributed by atoms with E-state index in [0.29, 0.717) is 6.61 Å². The van der Waals surface area contributed by atoms with E-state index in [2.05, 4.69) is 0 Å². The first-order valence-electron chi connectivity index (χ1n) is 2.38. The third-order valence-corrected chi connectivity index (χ3v) is 1.00. The van der Waals surface area contributed by atoms with Gasteiger partial charge in [0, 0.05) is 19.6 Å². The van der Waals surface area contributed by atoms with Crippen molar-refractivity contribution >= 4 is 0 Å². The lowest BCUT2D eigenvalue weighted by Gasteiger charge is -2.01. The van der Waals surface area contributed by atoms with Crippen LogP contribution < -0.4 is 5.73 Å². The van der Waals surface area contributed by atoms with Gasteiger partial charge in [-0.2, -0.15) is 5.06 Å². The van der Waals surface area contributed by atoms with Crippen molar-refractivity contribution in [1.82, 2.24) is 5.06 Å². The molecule has 1 heterocycles. The highest BCUT2D eigenvalue weighted by Gasteiger charge is 2.14. The van der Waals surface area contributed by atoms with Crippen molar-refractivity contribution in [3.8, 4) is 0 Å². The topological polar surface area (TPSA) is 38.5 Å². The van der Waals surface area contributed by atoms with E-state index >= 15 is 0 Å². The summed E-state index contributed by atoms with van der Waals surface area (Å²) < 4.78 is 0. The van der Waals surface area contributed by atoms with Gasteiger partial charge >= 0.3 is 0 Å². The standard InChI is InChI=1S/C4H10N2O/c1-6-2-4(5)3-7-6/h4H,2-3,5H2,1H3/t4-/m1/s1. The zero-order chi connectivity index (χ0) is 5.28. The Bertz CT molecular complexity index is 58.7. The Morgan fingerprint density at radius 2 is 2.57 bits per heavy atom. The molecule has 1 atom stereocenters. The fraction of sp³-hybridized carbons (Fsp3) is 1.00. The van der Waals surface area contributed by atoms with Crippen LogP contribution in [0, 0.1) is 0 Å². The summed E-state index contributed by atoms with van der Waals surface area (Å²) in [7, 11) is 1.88. The van der Waals surface area contributed by atoms with E-state index in [0.717, 1.165) is 6.54 Å². The van der Waals surface area contributed by atoms with Gasteiger partial charge in [0.2, 0.25) is 0 Å². The third kappa shape index (κ3) is 1.12. The van der Waals surface area contributed by atoms with Crippen LogP contribution in [0.4, 0.5) is 0 Å². The van der Waals surface area contributed by atoms with Crippen LogP contribution in [-0.2, 0) is 4.84 Å². The number of nitrogens with zero attached hydrogens (tertiary/aromatic N) is 1. The fourth-order valence-corrected chi connectivity index (χ4v) is 0.659. The molecule has 1 aliphatic heterocycles. The molecule has 1 saturated heterocycles. The molecular formula is C4H10N2O. The van der Waals surface area contributed by atoms with Gasteiger partial charge < -0.3 is 5.73 Å². The lowest BCUT2D eigenvalue weighted by atomic mass is 10.4. The molecule has 3 heteroatoms. The minimum Gasteiger partial charge on any atom is -0.325 e. The summed E-state index contributed by atoms with van der Waals surface area (Å²) in [5, 5.41) is 1.75. The second-order valence-electron chi connectivity index (χ2n) is 1.87. The SMILES string of the molecule is CN1C[C@@H](N)CO1. The average molecular weight is 102 g/mol. The maximum Gasteiger partial charge on any atom is 0.0849 e. The zero-order valence-corrected chi connectivity index (χ0v) is 4.42. The van der Waals surface area contributed by atoms with E-state index in [1.54, 1.807) is 5.06 Å². The molecule has 1 rings (SSSR count). The first-order chi connectivity index (χ1) is 3.29. The van der Waals surface area contributed by atoms with Crippen molar-refractivity contribution in [2.75, 3.05) is 20.2 Å². The maximum atomic E-state index is 5.46. The van der Waals surface area contributed by atoms with Crippen LogP contribution in [0.15, 0.2) is 0 Å². The number of nitrogens with two attached hydrogens (primary N) is 1. The molecular weight excluding hydrogens is 92.1 g/mol. The number of hydrogen-bond donors (Lipinski definition) is 1. The Morgan fingerprint density at radius 1 is 1.86 bits per heavy atom. The number of likely N-dealkylation sites (N-methyl/N-ethyl adjacent to an activating group) is 1. The molecule has 3 nitrogen and oxygen atoms in total. The van der Waals surface area contributed by atoms with E-state index in [1.807, 2.05) is 7.05 Å². The van der Waals surface area contributed by atoms with E-state index in [1.165, 1.54) is 0 Å². The lowest BCUT2D eigenvalue weighted by Crippen LogP contribution is -2.25. The van der Waals surface area contributed by atoms with Gasteiger partial charge in [0.1, 0.15) is 0 Å². The van der Waals surface area contributed by atoms with Gasteiger partial charge in [0.15, 0.2) is 0 Å². The molecule has 0 bridgehead atoms. The summed E-state index contributed by atoms with van der Waals surface area (Å²) in [4.78, 5) is 4.97. The average Bonchev–Trinajstić information content (AvgIpc) is 1.87. The molecule has 0 aromatic heterocycles. The Morgan fingerprint density at radius 3 is 2.71 bits per heavy atom. The summed E-state index contributed by atoms with van der Waals surface area (Å²) in [6.07, 6.45) is 0. The summed E-state index contributed by atoms with van der Waals surface area (Å²) in [5.74, 6) is 0. The Kier molecular flexibility index (Phi) is 1.27. The van der Waals surface area contributed by atoms with Crippen molar-refractivity contribution in [1.29, 1.82) is 0 Å². The Labute approximate surface area is 43.0 Å². The summed E-state index contributed by atoms with van der Waals surface area (Å²) in [6, 6.07) is 0.227. The predicted molar refractivity (Wildman–Crippen MR) is 26.6 cm³/mol. The van der Waals surface area contributed by atoms with Crippen LogP contribution in [-0.4, -0.2) is 31.3 Å². The first-order valence-corrected chi connectivity index (χ1v) is 2.38. The number of rotatable bonds is 0. The van der Waals surface area contributed by atoms with Crippen LogP contribution in [0.25, 0.3) is 0 Å². The van der Waals surface area contributed by atoms with E-state index in [-0.39, 0.29) is 6.04 Å². The number of hydroxylamine groups is 2. The second kappa shape index (κ2) is 1.78. The van der Waals surface area contributed by atoms with Crippen molar-refractivity contribution in [3.05, 3.63) is 0 Å². The van der Waals surface area contributed by atoms with Crippen molar-refractivity contribution < 1.29 is 4.84 Å². The molecule has 42 valence electrons. The Balaban J connectivity index is 2.26. The molecule has 0 aromatic carbocycles. The largest absolute Gasteiger partial charge is 0.325 e. The normalized spacial score (nSPS) is 34.3. The first kappa shape index (κ1) is 5.03. The zero-order valence-electron chi connectivity index (χ0n) is 4.42. The molecule has 0 amide bonds. The third-order valence-electron chi connectivity index (χ3n) is 1.00. The Hall–Kier alpha value is -0.120. The molecule has 0 aromatic rings. The van der Waals surface area contributed by atoms with E-state index < -0.39 is 0 Å². The molecule has 2 N–H and O–H groups in total. The van der Waals surface area contributed by atoms with Crippen LogP contribution in [0.3, 0.4) is 0 Å². The van der Waals surface area contributed by atoms with Crippen LogP contribution in [0.2, 0.25) is 0 Å². The van der Waals surface area contributed by atoms with Crippen molar-refractivity contribution in [2.24, 2.45) is 5.73 Å². The van der Waals surface area contributed by atoms with Crippen LogP contribution >= 0.6 is 0 Å². The molecule has 0 unspecified atom stereocenters. The van der Waals surface area contributed by atoms with Gasteiger partial charge in [-0.3, -0.25) is 4.84 Å². The minimum atomic E-state index is 0.227. The maximum absolute atomic E-state index is 5.46.